The summed E-state index contributed by atoms with van der Waals surface area (Å²) in [5, 5.41) is 9.99. The van der Waals surface area contributed by atoms with Crippen molar-refractivity contribution >= 4 is 11.9 Å². The van der Waals surface area contributed by atoms with Crippen LogP contribution in [0.4, 0.5) is 13.2 Å². The third-order valence-corrected chi connectivity index (χ3v) is 6.52. The molecule has 3 aromatic carbocycles. The summed E-state index contributed by atoms with van der Waals surface area (Å²) in [5.41, 5.74) is 1.08. The summed E-state index contributed by atoms with van der Waals surface area (Å²) in [6.45, 7) is -0.264. The van der Waals surface area contributed by atoms with Crippen LogP contribution in [0, 0.1) is 23.4 Å². The minimum Gasteiger partial charge on any atom is -0.497 e. The van der Waals surface area contributed by atoms with Gasteiger partial charge in [0.1, 0.15) is 17.3 Å². The zero-order valence-corrected chi connectivity index (χ0v) is 19.6. The number of halogens is 3. The molecule has 1 fully saturated rings. The second-order valence-corrected chi connectivity index (χ2v) is 8.54. The zero-order chi connectivity index (χ0) is 26.0. The smallest absolute Gasteiger partial charge is 0.308 e. The topological polar surface area (TPSA) is 76.1 Å². The van der Waals surface area contributed by atoms with Crippen LogP contribution in [0.15, 0.2) is 60.7 Å². The standard InChI is InChI=1S/C27H24F3NO5/c1-35-17-7-3-15(4-8-17)26(16-5-9-18(36-2)10-6-16)31-14-21(27(33)34)19(12-25(31)32)20-11-23(29)24(30)13-22(20)28/h3-11,13,19,21,26H,12,14H2,1-2H3,(H,33,34)/t19-,21+/m1/s1. The second-order valence-electron chi connectivity index (χ2n) is 8.54. The number of ether oxygens (including phenoxy) is 2. The number of carbonyl (C=O) groups excluding carboxylic acids is 1. The number of methoxy groups -OCH3 is 2. The first-order valence-electron chi connectivity index (χ1n) is 11.2. The van der Waals surface area contributed by atoms with Gasteiger partial charge in [-0.15, -0.1) is 0 Å². The summed E-state index contributed by atoms with van der Waals surface area (Å²) in [6, 6.07) is 14.4. The molecular weight excluding hydrogens is 475 g/mol. The molecule has 2 atom stereocenters. The van der Waals surface area contributed by atoms with E-state index in [1.165, 1.54) is 19.1 Å². The predicted octanol–water partition coefficient (Wildman–Crippen LogP) is 4.93. The van der Waals surface area contributed by atoms with E-state index in [1.54, 1.807) is 48.5 Å². The lowest BCUT2D eigenvalue weighted by Gasteiger charge is -2.41. The minimum atomic E-state index is -1.38. The first-order valence-corrected chi connectivity index (χ1v) is 11.2. The van der Waals surface area contributed by atoms with E-state index in [0.29, 0.717) is 34.8 Å². The van der Waals surface area contributed by atoms with E-state index >= 15 is 0 Å². The molecule has 188 valence electrons. The molecule has 1 heterocycles. The van der Waals surface area contributed by atoms with Crippen LogP contribution in [0.1, 0.15) is 35.1 Å². The van der Waals surface area contributed by atoms with Gasteiger partial charge in [0.25, 0.3) is 0 Å². The molecule has 9 heteroatoms. The second kappa shape index (κ2) is 10.3. The summed E-state index contributed by atoms with van der Waals surface area (Å²) >= 11 is 0. The molecule has 3 aromatic rings. The van der Waals surface area contributed by atoms with E-state index in [-0.39, 0.29) is 18.5 Å². The van der Waals surface area contributed by atoms with Gasteiger partial charge >= 0.3 is 5.97 Å². The maximum Gasteiger partial charge on any atom is 0.308 e. The van der Waals surface area contributed by atoms with Crippen LogP contribution < -0.4 is 9.47 Å². The fourth-order valence-electron chi connectivity index (χ4n) is 4.66. The van der Waals surface area contributed by atoms with Gasteiger partial charge in [0.05, 0.1) is 26.2 Å². The lowest BCUT2D eigenvalue weighted by Crippen LogP contribution is -2.48. The zero-order valence-electron chi connectivity index (χ0n) is 19.6. The van der Waals surface area contributed by atoms with Crippen LogP contribution in [-0.4, -0.2) is 42.6 Å². The van der Waals surface area contributed by atoms with Crippen molar-refractivity contribution in [1.29, 1.82) is 0 Å². The summed E-state index contributed by atoms with van der Waals surface area (Å²) in [6.07, 6.45) is -0.387. The van der Waals surface area contributed by atoms with Gasteiger partial charge < -0.3 is 19.5 Å². The van der Waals surface area contributed by atoms with Crippen molar-refractivity contribution in [2.75, 3.05) is 20.8 Å². The van der Waals surface area contributed by atoms with E-state index in [2.05, 4.69) is 0 Å². The van der Waals surface area contributed by atoms with Crippen molar-refractivity contribution in [3.8, 4) is 11.5 Å². The molecule has 6 nitrogen and oxygen atoms in total. The van der Waals surface area contributed by atoms with Gasteiger partial charge in [-0.3, -0.25) is 9.59 Å². The Hall–Kier alpha value is -4.01. The fraction of sp³-hybridized carbons (Fsp3) is 0.259. The molecule has 36 heavy (non-hydrogen) atoms. The fourth-order valence-corrected chi connectivity index (χ4v) is 4.66. The van der Waals surface area contributed by atoms with Gasteiger partial charge in [-0.1, -0.05) is 24.3 Å². The maximum absolute atomic E-state index is 14.6. The third kappa shape index (κ3) is 4.86. The molecule has 0 aliphatic carbocycles. The maximum atomic E-state index is 14.6. The first kappa shape index (κ1) is 25.1. The van der Waals surface area contributed by atoms with Gasteiger partial charge in [0, 0.05) is 24.9 Å². The van der Waals surface area contributed by atoms with Crippen molar-refractivity contribution in [3.63, 3.8) is 0 Å². The molecule has 0 aromatic heterocycles. The number of benzene rings is 3. The number of carboxylic acids is 1. The highest BCUT2D eigenvalue weighted by molar-refractivity contribution is 5.83. The Bertz CT molecular complexity index is 1220. The van der Waals surface area contributed by atoms with E-state index in [9.17, 15) is 27.9 Å². The molecule has 1 aliphatic rings. The van der Waals surface area contributed by atoms with Crippen molar-refractivity contribution in [2.24, 2.45) is 5.92 Å². The van der Waals surface area contributed by atoms with E-state index in [1.807, 2.05) is 0 Å². The quantitative estimate of drug-likeness (QED) is 0.467. The van der Waals surface area contributed by atoms with Crippen molar-refractivity contribution in [1.82, 2.24) is 4.90 Å². The predicted molar refractivity (Wildman–Crippen MR) is 124 cm³/mol. The third-order valence-electron chi connectivity index (χ3n) is 6.52. The number of carbonyl (C=O) groups is 2. The van der Waals surface area contributed by atoms with Crippen molar-refractivity contribution in [3.05, 3.63) is 94.8 Å². The molecule has 0 saturated carbocycles. The SMILES string of the molecule is COc1ccc(C(c2ccc(OC)cc2)N2C[C@H](C(=O)O)[C@@H](c3cc(F)c(F)cc3F)CC2=O)cc1. The number of nitrogens with zero attached hydrogens (tertiary/aromatic N) is 1. The molecule has 1 saturated heterocycles. The molecule has 1 amide bonds. The summed E-state index contributed by atoms with van der Waals surface area (Å²) in [7, 11) is 3.05. The molecule has 0 spiro atoms. The van der Waals surface area contributed by atoms with Crippen LogP contribution >= 0.6 is 0 Å². The number of hydrogen-bond acceptors (Lipinski definition) is 4. The van der Waals surface area contributed by atoms with Crippen LogP contribution in [0.2, 0.25) is 0 Å². The Morgan fingerprint density at radius 3 is 1.86 bits per heavy atom. The van der Waals surface area contributed by atoms with Crippen LogP contribution in [0.5, 0.6) is 11.5 Å². The van der Waals surface area contributed by atoms with Gasteiger partial charge in [-0.2, -0.15) is 0 Å². The molecule has 0 radical (unpaired) electrons. The molecule has 1 aliphatic heterocycles. The monoisotopic (exact) mass is 499 g/mol. The number of piperidine rings is 1. The van der Waals surface area contributed by atoms with Crippen LogP contribution in [0.25, 0.3) is 0 Å². The lowest BCUT2D eigenvalue weighted by atomic mass is 9.78. The number of hydrogen-bond donors (Lipinski definition) is 1. The first-order chi connectivity index (χ1) is 17.2. The summed E-state index contributed by atoms with van der Waals surface area (Å²) < 4.78 is 52.4. The van der Waals surface area contributed by atoms with Gasteiger partial charge in [0.15, 0.2) is 11.6 Å². The van der Waals surface area contributed by atoms with Crippen molar-refractivity contribution in [2.45, 2.75) is 18.4 Å². The molecular formula is C27H24F3NO5. The largest absolute Gasteiger partial charge is 0.497 e. The number of likely N-dealkylation sites (tertiary alicyclic amines) is 1. The van der Waals surface area contributed by atoms with E-state index in [4.69, 9.17) is 9.47 Å². The van der Waals surface area contributed by atoms with E-state index < -0.39 is 47.2 Å². The molecule has 0 bridgehead atoms. The highest BCUT2D eigenvalue weighted by Gasteiger charge is 2.43. The number of rotatable bonds is 7. The van der Waals surface area contributed by atoms with Crippen LogP contribution in [0.3, 0.4) is 0 Å². The molecule has 4 rings (SSSR count). The summed E-state index contributed by atoms with van der Waals surface area (Å²) in [5.74, 6) is -6.69. The normalized spacial score (nSPS) is 17.8. The van der Waals surface area contributed by atoms with Gasteiger partial charge in [-0.25, -0.2) is 13.2 Å². The average molecular weight is 499 g/mol. The lowest BCUT2D eigenvalue weighted by molar-refractivity contribution is -0.149. The minimum absolute atomic E-state index is 0.264. The number of aliphatic carboxylic acids is 1. The van der Waals surface area contributed by atoms with Gasteiger partial charge in [0.2, 0.25) is 5.91 Å². The Morgan fingerprint density at radius 1 is 0.889 bits per heavy atom. The van der Waals surface area contributed by atoms with Crippen LogP contribution in [-0.2, 0) is 9.59 Å². The number of carboxylic acid groups (broad SMARTS) is 1. The van der Waals surface area contributed by atoms with Crippen molar-refractivity contribution < 1.29 is 37.3 Å². The molecule has 1 N–H and O–H groups in total. The van der Waals surface area contributed by atoms with E-state index in [0.717, 1.165) is 0 Å². The molecule has 0 unspecified atom stereocenters. The average Bonchev–Trinajstić information content (AvgIpc) is 2.87. The number of amides is 1. The Kier molecular flexibility index (Phi) is 7.19. The van der Waals surface area contributed by atoms with Gasteiger partial charge in [-0.05, 0) is 47.0 Å². The Balaban J connectivity index is 1.76. The summed E-state index contributed by atoms with van der Waals surface area (Å²) in [4.78, 5) is 27.1. The highest BCUT2D eigenvalue weighted by atomic mass is 19.2. The Labute approximate surface area is 205 Å². The highest BCUT2D eigenvalue weighted by Crippen LogP contribution is 2.41. The Morgan fingerprint density at radius 2 is 1.39 bits per heavy atom.